The number of hydrogen-bond acceptors (Lipinski definition) is 4. The van der Waals surface area contributed by atoms with Crippen LogP contribution in [-0.2, 0) is 10.3 Å². The zero-order chi connectivity index (χ0) is 16.3. The van der Waals surface area contributed by atoms with Gasteiger partial charge in [-0.3, -0.25) is 4.90 Å². The molecule has 2 aromatic carbocycles. The molecule has 0 aliphatic rings. The summed E-state index contributed by atoms with van der Waals surface area (Å²) in [7, 11) is -4.09. The highest BCUT2D eigenvalue weighted by molar-refractivity contribution is 9.10. The van der Waals surface area contributed by atoms with E-state index in [0.717, 1.165) is 4.47 Å². The summed E-state index contributed by atoms with van der Waals surface area (Å²) in [4.78, 5) is 13.0. The minimum atomic E-state index is -4.09. The number of hydrogen-bond donors (Lipinski definition) is 2. The van der Waals surface area contributed by atoms with Crippen molar-refractivity contribution in [1.82, 2.24) is 0 Å². The maximum atomic E-state index is 11.7. The molecule has 0 unspecified atom stereocenters. The quantitative estimate of drug-likeness (QED) is 0.838. The summed E-state index contributed by atoms with van der Waals surface area (Å²) in [6, 6.07) is 12.0. The van der Waals surface area contributed by atoms with Crippen molar-refractivity contribution in [2.45, 2.75) is 0 Å². The standard InChI is InChI=1S/C13H12BrN3O4S/c14-9-1-3-10(4-2-9)17(13(15)18)11-5-7-12(8-6-11)21-22(16,19)20/h1-8H,(H2,15,18)(H2,16,19,20). The second-order valence-electron chi connectivity index (χ2n) is 4.22. The first-order valence-electron chi connectivity index (χ1n) is 5.94. The Morgan fingerprint density at radius 2 is 1.45 bits per heavy atom. The lowest BCUT2D eigenvalue weighted by Gasteiger charge is -2.20. The maximum Gasteiger partial charge on any atom is 0.380 e. The first-order chi connectivity index (χ1) is 10.3. The van der Waals surface area contributed by atoms with E-state index < -0.39 is 16.3 Å². The van der Waals surface area contributed by atoms with E-state index in [-0.39, 0.29) is 5.75 Å². The lowest BCUT2D eigenvalue weighted by atomic mass is 10.2. The maximum absolute atomic E-state index is 11.7. The summed E-state index contributed by atoms with van der Waals surface area (Å²) in [6.45, 7) is 0. The first kappa shape index (κ1) is 16.3. The normalized spacial score (nSPS) is 11.0. The monoisotopic (exact) mass is 385 g/mol. The Kier molecular flexibility index (Phi) is 4.69. The van der Waals surface area contributed by atoms with E-state index in [9.17, 15) is 13.2 Å². The van der Waals surface area contributed by atoms with E-state index in [0.29, 0.717) is 11.4 Å². The highest BCUT2D eigenvalue weighted by Crippen LogP contribution is 2.28. The van der Waals surface area contributed by atoms with Gasteiger partial charge in [0, 0.05) is 4.47 Å². The van der Waals surface area contributed by atoms with Gasteiger partial charge in [0.15, 0.2) is 0 Å². The summed E-state index contributed by atoms with van der Waals surface area (Å²) in [5, 5.41) is 4.78. The predicted octanol–water partition coefficient (Wildman–Crippen LogP) is 2.25. The van der Waals surface area contributed by atoms with E-state index in [1.165, 1.54) is 29.2 Å². The van der Waals surface area contributed by atoms with Gasteiger partial charge in [0.1, 0.15) is 5.75 Å². The Morgan fingerprint density at radius 1 is 1.00 bits per heavy atom. The number of primary amides is 1. The van der Waals surface area contributed by atoms with Crippen LogP contribution in [0.4, 0.5) is 16.2 Å². The van der Waals surface area contributed by atoms with Crippen molar-refractivity contribution in [2.24, 2.45) is 10.9 Å². The molecule has 0 radical (unpaired) electrons. The Morgan fingerprint density at radius 3 is 1.86 bits per heavy atom. The summed E-state index contributed by atoms with van der Waals surface area (Å²) >= 11 is 3.31. The van der Waals surface area contributed by atoms with Gasteiger partial charge in [-0.2, -0.15) is 13.6 Å². The second kappa shape index (κ2) is 6.34. The first-order valence-corrected chi connectivity index (χ1v) is 8.20. The third-order valence-corrected chi connectivity index (χ3v) is 3.57. The highest BCUT2D eigenvalue weighted by Gasteiger charge is 2.15. The van der Waals surface area contributed by atoms with Crippen LogP contribution in [0.25, 0.3) is 0 Å². The van der Waals surface area contributed by atoms with Gasteiger partial charge in [0.2, 0.25) is 0 Å². The second-order valence-corrected chi connectivity index (χ2v) is 6.29. The van der Waals surface area contributed by atoms with Gasteiger partial charge in [-0.1, -0.05) is 15.9 Å². The molecule has 0 spiro atoms. The van der Waals surface area contributed by atoms with Crippen molar-refractivity contribution in [3.05, 3.63) is 53.0 Å². The van der Waals surface area contributed by atoms with Crippen molar-refractivity contribution in [3.8, 4) is 5.75 Å². The van der Waals surface area contributed by atoms with Crippen LogP contribution in [0.3, 0.4) is 0 Å². The number of carbonyl (C=O) groups is 1. The lowest BCUT2D eigenvalue weighted by Crippen LogP contribution is -2.31. The molecule has 2 aromatic rings. The number of carbonyl (C=O) groups excluding carboxylic acids is 1. The van der Waals surface area contributed by atoms with Gasteiger partial charge in [-0.05, 0) is 48.5 Å². The molecular formula is C13H12BrN3O4S. The van der Waals surface area contributed by atoms with Crippen molar-refractivity contribution in [3.63, 3.8) is 0 Å². The molecule has 0 heterocycles. The van der Waals surface area contributed by atoms with Crippen LogP contribution in [0, 0.1) is 0 Å². The van der Waals surface area contributed by atoms with Crippen molar-refractivity contribution >= 4 is 43.6 Å². The van der Waals surface area contributed by atoms with E-state index in [4.69, 9.17) is 10.9 Å². The summed E-state index contributed by atoms with van der Waals surface area (Å²) < 4.78 is 27.1. The number of anilines is 2. The molecule has 0 saturated carbocycles. The van der Waals surface area contributed by atoms with E-state index in [1.54, 1.807) is 24.3 Å². The molecule has 0 aliphatic carbocycles. The SMILES string of the molecule is NC(=O)N(c1ccc(Br)cc1)c1ccc(OS(N)(=O)=O)cc1. The van der Waals surface area contributed by atoms with Gasteiger partial charge >= 0.3 is 16.3 Å². The zero-order valence-corrected chi connectivity index (χ0v) is 13.5. The summed E-state index contributed by atoms with van der Waals surface area (Å²) in [6.07, 6.45) is 0. The molecular weight excluding hydrogens is 374 g/mol. The number of rotatable bonds is 4. The Bertz CT molecular complexity index is 776. The molecule has 0 saturated heterocycles. The molecule has 0 atom stereocenters. The molecule has 2 amide bonds. The number of halogens is 1. The Hall–Kier alpha value is -2.10. The number of nitrogens with zero attached hydrogens (tertiary/aromatic N) is 1. The molecule has 0 bridgehead atoms. The smallest absolute Gasteiger partial charge is 0.371 e. The van der Waals surface area contributed by atoms with Crippen molar-refractivity contribution in [1.29, 1.82) is 0 Å². The predicted molar refractivity (Wildman–Crippen MR) is 86.0 cm³/mol. The summed E-state index contributed by atoms with van der Waals surface area (Å²) in [5.74, 6) is 0.0338. The van der Waals surface area contributed by atoms with Crippen molar-refractivity contribution < 1.29 is 17.4 Å². The Labute approximate surface area is 135 Å². The minimum absolute atomic E-state index is 0.0338. The van der Waals surface area contributed by atoms with Crippen LogP contribution in [0.15, 0.2) is 53.0 Å². The van der Waals surface area contributed by atoms with Crippen LogP contribution in [-0.4, -0.2) is 14.4 Å². The van der Waals surface area contributed by atoms with Gasteiger partial charge in [-0.25, -0.2) is 4.79 Å². The average molecular weight is 386 g/mol. The van der Waals surface area contributed by atoms with E-state index in [1.807, 2.05) is 0 Å². The van der Waals surface area contributed by atoms with Crippen molar-refractivity contribution in [2.75, 3.05) is 4.90 Å². The molecule has 0 aliphatic heterocycles. The van der Waals surface area contributed by atoms with E-state index in [2.05, 4.69) is 20.1 Å². The fourth-order valence-electron chi connectivity index (χ4n) is 1.78. The van der Waals surface area contributed by atoms with Gasteiger partial charge in [0.25, 0.3) is 0 Å². The van der Waals surface area contributed by atoms with Crippen LogP contribution in [0.5, 0.6) is 5.75 Å². The number of urea groups is 1. The molecule has 0 aromatic heterocycles. The summed E-state index contributed by atoms with van der Waals surface area (Å²) in [5.41, 5.74) is 6.43. The fourth-order valence-corrected chi connectivity index (χ4v) is 2.42. The molecule has 4 N–H and O–H groups in total. The number of amides is 2. The van der Waals surface area contributed by atoms with Crippen LogP contribution in [0.2, 0.25) is 0 Å². The van der Waals surface area contributed by atoms with Gasteiger partial charge < -0.3 is 9.92 Å². The van der Waals surface area contributed by atoms with Crippen LogP contribution >= 0.6 is 15.9 Å². The fraction of sp³-hybridized carbons (Fsp3) is 0. The molecule has 22 heavy (non-hydrogen) atoms. The molecule has 9 heteroatoms. The van der Waals surface area contributed by atoms with Crippen LogP contribution < -0.4 is 20.0 Å². The largest absolute Gasteiger partial charge is 0.380 e. The minimum Gasteiger partial charge on any atom is -0.371 e. The zero-order valence-electron chi connectivity index (χ0n) is 11.1. The molecule has 116 valence electrons. The van der Waals surface area contributed by atoms with E-state index >= 15 is 0 Å². The molecule has 2 rings (SSSR count). The van der Waals surface area contributed by atoms with Gasteiger partial charge in [0.05, 0.1) is 11.4 Å². The lowest BCUT2D eigenvalue weighted by molar-refractivity contribution is 0.256. The average Bonchev–Trinajstić information content (AvgIpc) is 2.41. The molecule has 0 fully saturated rings. The third kappa shape index (κ3) is 4.20. The Balaban J connectivity index is 2.33. The molecule has 7 nitrogen and oxygen atoms in total. The van der Waals surface area contributed by atoms with Crippen LogP contribution in [0.1, 0.15) is 0 Å². The topological polar surface area (TPSA) is 116 Å². The number of nitrogens with two attached hydrogens (primary N) is 2. The number of benzene rings is 2. The van der Waals surface area contributed by atoms with Gasteiger partial charge in [-0.15, -0.1) is 0 Å². The highest BCUT2D eigenvalue weighted by atomic mass is 79.9. The third-order valence-electron chi connectivity index (χ3n) is 2.61.